The topological polar surface area (TPSA) is 157 Å². The van der Waals surface area contributed by atoms with Crippen LogP contribution in [0.25, 0.3) is 0 Å². The summed E-state index contributed by atoms with van der Waals surface area (Å²) >= 11 is 0. The second-order valence-corrected chi connectivity index (χ2v) is 25.2. The van der Waals surface area contributed by atoms with Gasteiger partial charge in [0.2, 0.25) is 0 Å². The highest BCUT2D eigenvalue weighted by molar-refractivity contribution is 5.71. The third kappa shape index (κ3) is 38.8. The monoisotopic (exact) mass is 977 g/mol. The molecule has 1 aromatic rings. The Hall–Kier alpha value is -3.58. The second-order valence-electron chi connectivity index (χ2n) is 25.2. The maximum atomic E-state index is 11.4. The molecule has 1 unspecified atom stereocenters. The van der Waals surface area contributed by atoms with Crippen LogP contribution in [-0.4, -0.2) is 98.0 Å². The number of nitrogens with zero attached hydrogens (tertiary/aromatic N) is 2. The van der Waals surface area contributed by atoms with Gasteiger partial charge >= 0.3 is 29.8 Å². The van der Waals surface area contributed by atoms with Crippen molar-refractivity contribution in [3.8, 4) is 0 Å². The van der Waals surface area contributed by atoms with Crippen LogP contribution < -0.4 is 0 Å². The molecular weight excluding hydrogens is 877 g/mol. The van der Waals surface area contributed by atoms with Gasteiger partial charge in [-0.2, -0.15) is 0 Å². The minimum atomic E-state index is -0.173. The zero-order valence-electron chi connectivity index (χ0n) is 45.6. The average molecular weight is 977 g/mol. The van der Waals surface area contributed by atoms with Gasteiger partial charge in [-0.1, -0.05) is 130 Å². The van der Waals surface area contributed by atoms with Crippen molar-refractivity contribution in [2.24, 2.45) is 33.0 Å². The molecule has 2 saturated heterocycles. The highest BCUT2D eigenvalue weighted by Crippen LogP contribution is 2.27. The van der Waals surface area contributed by atoms with Crippen LogP contribution in [0.15, 0.2) is 24.4 Å². The van der Waals surface area contributed by atoms with E-state index in [4.69, 9.17) is 28.4 Å². The van der Waals surface area contributed by atoms with Gasteiger partial charge in [-0.05, 0) is 97.1 Å². The number of likely N-dealkylation sites (tertiary alicyclic amines) is 1. The maximum Gasteiger partial charge on any atom is 0.306 e. The number of esters is 5. The second kappa shape index (κ2) is 31.7. The van der Waals surface area contributed by atoms with Crippen molar-refractivity contribution in [3.05, 3.63) is 30.1 Å². The molecule has 4 fully saturated rings. The molecule has 5 rings (SSSR count). The molecule has 1 atom stereocenters. The van der Waals surface area contributed by atoms with Gasteiger partial charge in [0.05, 0.1) is 50.5 Å². The number of aromatic nitrogens is 1. The van der Waals surface area contributed by atoms with E-state index in [9.17, 15) is 24.0 Å². The summed E-state index contributed by atoms with van der Waals surface area (Å²) in [6.07, 6.45) is 15.2. The van der Waals surface area contributed by atoms with Crippen molar-refractivity contribution in [3.63, 3.8) is 0 Å². The number of ether oxygens (including phenoxy) is 6. The summed E-state index contributed by atoms with van der Waals surface area (Å²) in [5.74, 6) is 0.210. The van der Waals surface area contributed by atoms with Crippen molar-refractivity contribution in [1.29, 1.82) is 0 Å². The van der Waals surface area contributed by atoms with Crippen LogP contribution in [0, 0.1) is 33.0 Å². The number of carbonyl (C=O) groups excluding carboxylic acids is 5. The fraction of sp³-hybridized carbons (Fsp3) is 0.821. The lowest BCUT2D eigenvalue weighted by Crippen LogP contribution is -2.50. The van der Waals surface area contributed by atoms with E-state index in [2.05, 4.69) is 51.4 Å². The molecule has 0 aromatic carbocycles. The van der Waals surface area contributed by atoms with Crippen molar-refractivity contribution < 1.29 is 52.4 Å². The molecule has 0 amide bonds. The number of hydrogen-bond acceptors (Lipinski definition) is 13. The summed E-state index contributed by atoms with van der Waals surface area (Å²) in [4.78, 5) is 62.9. The predicted octanol–water partition coefficient (Wildman–Crippen LogP) is 12.3. The molecule has 69 heavy (non-hydrogen) atoms. The van der Waals surface area contributed by atoms with E-state index in [-0.39, 0.29) is 89.3 Å². The van der Waals surface area contributed by atoms with Crippen molar-refractivity contribution in [2.75, 3.05) is 40.0 Å². The first-order chi connectivity index (χ1) is 31.3. The van der Waals surface area contributed by atoms with E-state index < -0.39 is 0 Å². The van der Waals surface area contributed by atoms with Crippen LogP contribution in [0.3, 0.4) is 0 Å². The van der Waals surface area contributed by atoms with Crippen molar-refractivity contribution in [2.45, 2.75) is 226 Å². The predicted molar refractivity (Wildman–Crippen MR) is 275 cm³/mol. The zero-order chi connectivity index (χ0) is 51.8. The van der Waals surface area contributed by atoms with E-state index >= 15 is 0 Å². The Balaban J connectivity index is 0.000000836. The molecule has 0 spiro atoms. The summed E-state index contributed by atoms with van der Waals surface area (Å²) in [5, 5.41) is 0. The average Bonchev–Trinajstić information content (AvgIpc) is 3.87. The molecular formula is C56H100N2O11. The van der Waals surface area contributed by atoms with Crippen LogP contribution in [0.2, 0.25) is 0 Å². The molecule has 0 radical (unpaired) electrons. The Kier molecular flexibility index (Phi) is 30.0. The molecule has 3 heterocycles. The standard InChI is InChI=1S/C12H17NO2.C12H22O2.C11H20O3.C10H19NO2.C10H18O2.CH4/c1-12(2,3)8-11(14)15-9-10-6-4-5-7-13-10;1-12(2,3)8-11(13)14-9-10-6-4-5-7-10;1-11(2,3)7-10(12)14-8-9-5-4-6-13-9;1-10(2,3)5-9(12)13-8-6-11(4)7-8;1-10(2,3)7-9(11)12-8-5-4-6-8;/h4-7H,8-9H2,1-3H3;10H,4-9H2,1-3H3;9H,4-8H2,1-3H3;8H,5-7H2,1-4H3;8H,4-7H2,1-3H3;1H4. The Labute approximate surface area is 420 Å². The number of pyridine rings is 1. The van der Waals surface area contributed by atoms with Gasteiger partial charge in [-0.15, -0.1) is 0 Å². The van der Waals surface area contributed by atoms with Gasteiger partial charge in [0.1, 0.15) is 25.4 Å². The summed E-state index contributed by atoms with van der Waals surface area (Å²) in [5.41, 5.74) is 0.898. The fourth-order valence-electron chi connectivity index (χ4n) is 6.97. The fourth-order valence-corrected chi connectivity index (χ4v) is 6.97. The van der Waals surface area contributed by atoms with Crippen molar-refractivity contribution in [1.82, 2.24) is 9.88 Å². The quantitative estimate of drug-likeness (QED) is 0.136. The molecule has 2 aliphatic carbocycles. The highest BCUT2D eigenvalue weighted by atomic mass is 16.6. The number of hydrogen-bond donors (Lipinski definition) is 0. The third-order valence-electron chi connectivity index (χ3n) is 10.6. The van der Waals surface area contributed by atoms with E-state index in [1.54, 1.807) is 6.20 Å². The summed E-state index contributed by atoms with van der Waals surface area (Å²) in [6.45, 7) is 34.5. The Morgan fingerprint density at radius 2 is 0.986 bits per heavy atom. The number of likely N-dealkylation sites (N-methyl/N-ethyl adjacent to an activating group) is 1. The van der Waals surface area contributed by atoms with Crippen molar-refractivity contribution >= 4 is 29.8 Å². The van der Waals surface area contributed by atoms with Crippen LogP contribution in [0.5, 0.6) is 0 Å². The molecule has 13 nitrogen and oxygen atoms in total. The Morgan fingerprint density at radius 3 is 1.36 bits per heavy atom. The summed E-state index contributed by atoms with van der Waals surface area (Å²) < 4.78 is 31.3. The van der Waals surface area contributed by atoms with Gasteiger partial charge < -0.3 is 28.4 Å². The van der Waals surface area contributed by atoms with Crippen LogP contribution in [0.4, 0.5) is 0 Å². The zero-order valence-corrected chi connectivity index (χ0v) is 45.6. The molecule has 2 aliphatic heterocycles. The van der Waals surface area contributed by atoms with Crippen LogP contribution in [0.1, 0.15) is 207 Å². The summed E-state index contributed by atoms with van der Waals surface area (Å²) in [7, 11) is 2.02. The SMILES string of the molecule is C.CC(C)(C)CC(=O)OC1CCC1.CC(C)(C)CC(=O)OCC1CCCC1.CC(C)(C)CC(=O)OCC1CCCO1.CC(C)(C)CC(=O)OCc1ccccn1.CN1CC(OC(=O)CC(C)(C)C)C1. The first-order valence-electron chi connectivity index (χ1n) is 25.3. The minimum Gasteiger partial charge on any atom is -0.465 e. The Bertz CT molecular complexity index is 1550. The highest BCUT2D eigenvalue weighted by Gasteiger charge is 2.29. The normalized spacial score (nSPS) is 17.7. The lowest BCUT2D eigenvalue weighted by atomic mass is 9.92. The molecule has 0 N–H and O–H groups in total. The largest absolute Gasteiger partial charge is 0.465 e. The van der Waals surface area contributed by atoms with Gasteiger partial charge in [-0.25, -0.2) is 0 Å². The van der Waals surface area contributed by atoms with E-state index in [0.717, 1.165) is 51.1 Å². The van der Waals surface area contributed by atoms with Gasteiger partial charge in [0, 0.05) is 25.9 Å². The summed E-state index contributed by atoms with van der Waals surface area (Å²) in [6, 6.07) is 5.55. The van der Waals surface area contributed by atoms with Crippen LogP contribution >= 0.6 is 0 Å². The van der Waals surface area contributed by atoms with Crippen LogP contribution in [-0.2, 0) is 59.0 Å². The number of rotatable bonds is 13. The minimum absolute atomic E-state index is 0. The van der Waals surface area contributed by atoms with Gasteiger partial charge in [-0.3, -0.25) is 33.9 Å². The first-order valence-corrected chi connectivity index (χ1v) is 25.3. The third-order valence-corrected chi connectivity index (χ3v) is 10.6. The number of carbonyl (C=O) groups is 5. The molecule has 0 bridgehead atoms. The smallest absolute Gasteiger partial charge is 0.306 e. The van der Waals surface area contributed by atoms with E-state index in [1.807, 2.05) is 87.6 Å². The lowest BCUT2D eigenvalue weighted by molar-refractivity contribution is -0.158. The maximum absolute atomic E-state index is 11.4. The first kappa shape index (κ1) is 65.4. The lowest BCUT2D eigenvalue weighted by Gasteiger charge is -2.35. The molecule has 400 valence electrons. The van der Waals surface area contributed by atoms with Gasteiger partial charge in [0.25, 0.3) is 0 Å². The van der Waals surface area contributed by atoms with E-state index in [0.29, 0.717) is 51.2 Å². The van der Waals surface area contributed by atoms with Gasteiger partial charge in [0.15, 0.2) is 0 Å². The van der Waals surface area contributed by atoms with E-state index in [1.165, 1.54) is 32.1 Å². The Morgan fingerprint density at radius 1 is 0.551 bits per heavy atom. The molecule has 4 aliphatic rings. The molecule has 13 heteroatoms. The molecule has 2 saturated carbocycles. The molecule has 1 aromatic heterocycles.